The van der Waals surface area contributed by atoms with Crippen molar-refractivity contribution in [3.05, 3.63) is 0 Å². The van der Waals surface area contributed by atoms with E-state index in [2.05, 4.69) is 0 Å². The summed E-state index contributed by atoms with van der Waals surface area (Å²) < 4.78 is 0. The van der Waals surface area contributed by atoms with E-state index in [4.69, 9.17) is 5.11 Å². The third kappa shape index (κ3) is 4.07. The Hall–Kier alpha value is -0.940. The molecule has 0 fully saturated rings. The van der Waals surface area contributed by atoms with E-state index in [0.29, 0.717) is 0 Å². The highest BCUT2D eigenvalue weighted by atomic mass is 16.4. The maximum Gasteiger partial charge on any atom is 0.306 e. The predicted molar refractivity (Wildman–Crippen MR) is 67.1 cm³/mol. The predicted octanol–water partition coefficient (Wildman–Crippen LogP) is 1.07. The number of ketones is 1. The molecule has 3 N–H and O–H groups in total. The molecule has 0 aromatic heterocycles. The molecule has 0 bridgehead atoms. The second-order valence-corrected chi connectivity index (χ2v) is 5.72. The largest absolute Gasteiger partial charge is 0.481 e. The van der Waals surface area contributed by atoms with Gasteiger partial charge in [0.2, 0.25) is 0 Å². The number of carboxylic acids is 1. The van der Waals surface area contributed by atoms with Crippen LogP contribution < -0.4 is 0 Å². The van der Waals surface area contributed by atoms with Gasteiger partial charge in [-0.2, -0.15) is 0 Å². The molecule has 0 heterocycles. The molecular formula is C13H24O5. The van der Waals surface area contributed by atoms with Gasteiger partial charge in [0.25, 0.3) is 0 Å². The quantitative estimate of drug-likeness (QED) is 0.636. The van der Waals surface area contributed by atoms with Gasteiger partial charge in [0.1, 0.15) is 5.78 Å². The first kappa shape index (κ1) is 17.1. The summed E-state index contributed by atoms with van der Waals surface area (Å²) in [6.45, 7) is 8.21. The first-order chi connectivity index (χ1) is 8.01. The Morgan fingerprint density at radius 3 is 1.89 bits per heavy atom. The number of carbonyl (C=O) groups excluding carboxylic acids is 1. The van der Waals surface area contributed by atoms with Crippen LogP contribution in [0.15, 0.2) is 0 Å². The summed E-state index contributed by atoms with van der Waals surface area (Å²) in [4.78, 5) is 22.8. The number of Topliss-reactive ketones (excluding diaryl/α,β-unsaturated/α-hetero) is 1. The molecule has 0 aromatic rings. The lowest BCUT2D eigenvalue weighted by Crippen LogP contribution is -2.45. The first-order valence-corrected chi connectivity index (χ1v) is 6.14. The Kier molecular flexibility index (Phi) is 5.96. The van der Waals surface area contributed by atoms with Gasteiger partial charge < -0.3 is 15.3 Å². The smallest absolute Gasteiger partial charge is 0.306 e. The third-order valence-electron chi connectivity index (χ3n) is 3.44. The van der Waals surface area contributed by atoms with E-state index in [1.54, 1.807) is 20.8 Å². The van der Waals surface area contributed by atoms with E-state index >= 15 is 0 Å². The van der Waals surface area contributed by atoms with Crippen molar-refractivity contribution in [2.45, 2.75) is 53.2 Å². The zero-order chi connectivity index (χ0) is 14.7. The number of hydrogen-bond donors (Lipinski definition) is 3. The maximum absolute atomic E-state index is 12.2. The van der Waals surface area contributed by atoms with Gasteiger partial charge in [0.05, 0.1) is 24.0 Å². The molecule has 0 unspecified atom stereocenters. The van der Waals surface area contributed by atoms with Crippen LogP contribution in [0.25, 0.3) is 0 Å². The average molecular weight is 260 g/mol. The van der Waals surface area contributed by atoms with Gasteiger partial charge in [-0.1, -0.05) is 34.6 Å². The van der Waals surface area contributed by atoms with Crippen molar-refractivity contribution in [1.29, 1.82) is 0 Å². The molecule has 0 radical (unpaired) electrons. The fourth-order valence-corrected chi connectivity index (χ4v) is 1.90. The molecule has 0 aliphatic heterocycles. The normalized spacial score (nSPS) is 17.3. The van der Waals surface area contributed by atoms with Crippen molar-refractivity contribution in [2.75, 3.05) is 0 Å². The number of aliphatic hydroxyl groups is 2. The lowest BCUT2D eigenvalue weighted by Gasteiger charge is -2.33. The van der Waals surface area contributed by atoms with Crippen LogP contribution in [0.4, 0.5) is 0 Å². The standard InChI is InChI=1S/C13H24O5/c1-7(2)11(17)8(3)12(18)13(4,5)9(14)6-10(15)16/h7-9,11,14,17H,6H2,1-5H3,(H,15,16)/t8-,9+,11+/m1/s1. The molecule has 0 aliphatic rings. The molecule has 0 aliphatic carbocycles. The molecule has 5 heteroatoms. The number of carboxylic acid groups (broad SMARTS) is 1. The van der Waals surface area contributed by atoms with E-state index in [1.807, 2.05) is 0 Å². The van der Waals surface area contributed by atoms with E-state index in [-0.39, 0.29) is 11.7 Å². The summed E-state index contributed by atoms with van der Waals surface area (Å²) in [6, 6.07) is 0. The molecule has 0 amide bonds. The highest BCUT2D eigenvalue weighted by Crippen LogP contribution is 2.30. The van der Waals surface area contributed by atoms with Gasteiger partial charge in [-0.05, 0) is 5.92 Å². The summed E-state index contributed by atoms with van der Waals surface area (Å²) in [5.74, 6) is -2.18. The first-order valence-electron chi connectivity index (χ1n) is 6.14. The van der Waals surface area contributed by atoms with Gasteiger partial charge in [-0.15, -0.1) is 0 Å². The number of carbonyl (C=O) groups is 2. The number of aliphatic hydroxyl groups excluding tert-OH is 2. The molecule has 18 heavy (non-hydrogen) atoms. The van der Waals surface area contributed by atoms with Crippen LogP contribution in [0.5, 0.6) is 0 Å². The monoisotopic (exact) mass is 260 g/mol. The second kappa shape index (κ2) is 6.29. The summed E-state index contributed by atoms with van der Waals surface area (Å²) in [7, 11) is 0. The molecule has 0 aromatic carbocycles. The summed E-state index contributed by atoms with van der Waals surface area (Å²) >= 11 is 0. The summed E-state index contributed by atoms with van der Waals surface area (Å²) in [5, 5.41) is 28.3. The number of aliphatic carboxylic acids is 1. The van der Waals surface area contributed by atoms with Crippen LogP contribution in [0.3, 0.4) is 0 Å². The minimum atomic E-state index is -1.26. The van der Waals surface area contributed by atoms with Gasteiger partial charge in [-0.3, -0.25) is 9.59 Å². The van der Waals surface area contributed by atoms with E-state index in [9.17, 15) is 19.8 Å². The fraction of sp³-hybridized carbons (Fsp3) is 0.846. The van der Waals surface area contributed by atoms with Gasteiger partial charge in [-0.25, -0.2) is 0 Å². The van der Waals surface area contributed by atoms with Crippen molar-refractivity contribution in [3.8, 4) is 0 Å². The van der Waals surface area contributed by atoms with Crippen molar-refractivity contribution in [3.63, 3.8) is 0 Å². The molecule has 106 valence electrons. The van der Waals surface area contributed by atoms with Crippen LogP contribution in [0.2, 0.25) is 0 Å². The van der Waals surface area contributed by atoms with Gasteiger partial charge in [0, 0.05) is 5.92 Å². The van der Waals surface area contributed by atoms with E-state index in [0.717, 1.165) is 0 Å². The van der Waals surface area contributed by atoms with Crippen molar-refractivity contribution in [2.24, 2.45) is 17.3 Å². The Morgan fingerprint density at radius 2 is 1.56 bits per heavy atom. The maximum atomic E-state index is 12.2. The highest BCUT2D eigenvalue weighted by Gasteiger charge is 2.41. The van der Waals surface area contributed by atoms with E-state index < -0.39 is 35.9 Å². The van der Waals surface area contributed by atoms with Gasteiger partial charge >= 0.3 is 5.97 Å². The summed E-state index contributed by atoms with van der Waals surface area (Å²) in [6.07, 6.45) is -2.54. The molecule has 0 spiro atoms. The number of hydrogen-bond acceptors (Lipinski definition) is 4. The second-order valence-electron chi connectivity index (χ2n) is 5.72. The molecule has 0 saturated carbocycles. The number of rotatable bonds is 7. The molecule has 5 nitrogen and oxygen atoms in total. The Bertz CT molecular complexity index is 309. The van der Waals surface area contributed by atoms with Gasteiger partial charge in [0.15, 0.2) is 0 Å². The third-order valence-corrected chi connectivity index (χ3v) is 3.44. The lowest BCUT2D eigenvalue weighted by atomic mass is 9.73. The van der Waals surface area contributed by atoms with Crippen LogP contribution in [-0.4, -0.2) is 39.3 Å². The Labute approximate surface area is 108 Å². The van der Waals surface area contributed by atoms with E-state index in [1.165, 1.54) is 13.8 Å². The Morgan fingerprint density at radius 1 is 1.11 bits per heavy atom. The van der Waals surface area contributed by atoms with Crippen molar-refractivity contribution >= 4 is 11.8 Å². The fourth-order valence-electron chi connectivity index (χ4n) is 1.90. The van der Waals surface area contributed by atoms with Crippen LogP contribution >= 0.6 is 0 Å². The zero-order valence-electron chi connectivity index (χ0n) is 11.7. The zero-order valence-corrected chi connectivity index (χ0v) is 11.7. The molecule has 0 rings (SSSR count). The minimum absolute atomic E-state index is 0.0728. The topological polar surface area (TPSA) is 94.8 Å². The van der Waals surface area contributed by atoms with Crippen LogP contribution in [-0.2, 0) is 9.59 Å². The highest BCUT2D eigenvalue weighted by molar-refractivity contribution is 5.87. The lowest BCUT2D eigenvalue weighted by molar-refractivity contribution is -0.147. The molecular weight excluding hydrogens is 236 g/mol. The summed E-state index contributed by atoms with van der Waals surface area (Å²) in [5.41, 5.74) is -1.19. The van der Waals surface area contributed by atoms with Crippen LogP contribution in [0, 0.1) is 17.3 Å². The molecule has 0 saturated heterocycles. The van der Waals surface area contributed by atoms with Crippen LogP contribution in [0.1, 0.15) is 41.0 Å². The Balaban J connectivity index is 4.89. The molecule has 3 atom stereocenters. The SMILES string of the molecule is CC(C)[C@H](O)[C@@H](C)C(=O)C(C)(C)[C@@H](O)CC(=O)O. The van der Waals surface area contributed by atoms with Crippen molar-refractivity contribution in [1.82, 2.24) is 0 Å². The van der Waals surface area contributed by atoms with Crippen molar-refractivity contribution < 1.29 is 24.9 Å². The minimum Gasteiger partial charge on any atom is -0.481 e. The average Bonchev–Trinajstić information content (AvgIpc) is 2.24.